The van der Waals surface area contributed by atoms with Crippen molar-refractivity contribution in [2.45, 2.75) is 13.3 Å². The summed E-state index contributed by atoms with van der Waals surface area (Å²) in [6.07, 6.45) is 2.34. The van der Waals surface area contributed by atoms with E-state index in [4.69, 9.17) is 0 Å². The Morgan fingerprint density at radius 2 is 2.06 bits per heavy atom. The van der Waals surface area contributed by atoms with Crippen LogP contribution in [0.2, 0.25) is 0 Å². The first-order chi connectivity index (χ1) is 8.72. The van der Waals surface area contributed by atoms with Crippen molar-refractivity contribution >= 4 is 5.65 Å². The molecule has 0 amide bonds. The number of aromatic nitrogens is 3. The molecule has 0 saturated heterocycles. The number of rotatable bonds is 2. The van der Waals surface area contributed by atoms with E-state index in [1.165, 1.54) is 11.1 Å². The Morgan fingerprint density at radius 1 is 1.17 bits per heavy atom. The molecular weight excluding hydrogens is 226 g/mol. The molecule has 0 unspecified atom stereocenters. The van der Waals surface area contributed by atoms with Crippen molar-refractivity contribution in [2.75, 3.05) is 0 Å². The van der Waals surface area contributed by atoms with Gasteiger partial charge >= 0.3 is 0 Å². The van der Waals surface area contributed by atoms with Crippen LogP contribution in [0.4, 0.5) is 0 Å². The first-order valence-electron chi connectivity index (χ1n) is 5.80. The summed E-state index contributed by atoms with van der Waals surface area (Å²) >= 11 is 0. The minimum Gasteiger partial charge on any atom is -0.506 e. The van der Waals surface area contributed by atoms with Crippen molar-refractivity contribution in [3.63, 3.8) is 0 Å². The highest BCUT2D eigenvalue weighted by Gasteiger charge is 2.06. The number of hydrogen-bond donors (Lipinski definition) is 1. The second-order valence-corrected chi connectivity index (χ2v) is 4.40. The van der Waals surface area contributed by atoms with Gasteiger partial charge in [0.2, 0.25) is 0 Å². The monoisotopic (exact) mass is 239 g/mol. The molecule has 90 valence electrons. The van der Waals surface area contributed by atoms with E-state index in [0.717, 1.165) is 11.5 Å². The standard InChI is InChI=1S/C14H13N3O/c1-10-3-2-4-11(7-10)8-14-16-15-13-6-5-12(18)9-17(13)14/h2-7,9,18H,8H2,1H3. The largest absolute Gasteiger partial charge is 0.506 e. The van der Waals surface area contributed by atoms with Crippen LogP contribution >= 0.6 is 0 Å². The first-order valence-corrected chi connectivity index (χ1v) is 5.80. The summed E-state index contributed by atoms with van der Waals surface area (Å²) in [5.74, 6) is 1.04. The minimum atomic E-state index is 0.216. The van der Waals surface area contributed by atoms with E-state index >= 15 is 0 Å². The van der Waals surface area contributed by atoms with Crippen molar-refractivity contribution in [3.05, 3.63) is 59.5 Å². The van der Waals surface area contributed by atoms with Gasteiger partial charge in [-0.3, -0.25) is 4.40 Å². The summed E-state index contributed by atoms with van der Waals surface area (Å²) < 4.78 is 1.82. The van der Waals surface area contributed by atoms with Crippen LogP contribution in [0.3, 0.4) is 0 Å². The third-order valence-corrected chi connectivity index (χ3v) is 2.90. The number of benzene rings is 1. The Balaban J connectivity index is 2.02. The van der Waals surface area contributed by atoms with Gasteiger partial charge < -0.3 is 5.11 Å². The van der Waals surface area contributed by atoms with Gasteiger partial charge in [0.05, 0.1) is 6.20 Å². The summed E-state index contributed by atoms with van der Waals surface area (Å²) in [4.78, 5) is 0. The quantitative estimate of drug-likeness (QED) is 0.746. The van der Waals surface area contributed by atoms with Gasteiger partial charge in [-0.15, -0.1) is 10.2 Å². The van der Waals surface area contributed by atoms with Crippen molar-refractivity contribution in [2.24, 2.45) is 0 Å². The van der Waals surface area contributed by atoms with Gasteiger partial charge in [-0.2, -0.15) is 0 Å². The Labute approximate surface area is 105 Å². The molecule has 0 aliphatic heterocycles. The Hall–Kier alpha value is -2.36. The van der Waals surface area contributed by atoms with E-state index < -0.39 is 0 Å². The lowest BCUT2D eigenvalue weighted by molar-refractivity contribution is 0.471. The van der Waals surface area contributed by atoms with Crippen molar-refractivity contribution in [1.82, 2.24) is 14.6 Å². The molecule has 18 heavy (non-hydrogen) atoms. The summed E-state index contributed by atoms with van der Waals surface area (Å²) in [5, 5.41) is 17.8. The predicted octanol–water partition coefficient (Wildman–Crippen LogP) is 2.33. The Kier molecular flexibility index (Phi) is 2.48. The number of pyridine rings is 1. The second-order valence-electron chi connectivity index (χ2n) is 4.40. The summed E-state index contributed by atoms with van der Waals surface area (Å²) in [5.41, 5.74) is 3.16. The number of fused-ring (bicyclic) bond motifs is 1. The fourth-order valence-corrected chi connectivity index (χ4v) is 2.05. The smallest absolute Gasteiger partial charge is 0.161 e. The lowest BCUT2D eigenvalue weighted by atomic mass is 10.1. The summed E-state index contributed by atoms with van der Waals surface area (Å²) in [7, 11) is 0. The van der Waals surface area contributed by atoms with Gasteiger partial charge in [-0.25, -0.2) is 0 Å². The fourth-order valence-electron chi connectivity index (χ4n) is 2.05. The zero-order valence-electron chi connectivity index (χ0n) is 10.0. The van der Waals surface area contributed by atoms with Crippen LogP contribution in [0.5, 0.6) is 5.75 Å². The SMILES string of the molecule is Cc1cccc(Cc2nnc3ccc(O)cn23)c1. The molecular formula is C14H13N3O. The van der Waals surface area contributed by atoms with E-state index in [-0.39, 0.29) is 5.75 Å². The van der Waals surface area contributed by atoms with Crippen LogP contribution in [-0.2, 0) is 6.42 Å². The van der Waals surface area contributed by atoms with Crippen LogP contribution in [0.25, 0.3) is 5.65 Å². The van der Waals surface area contributed by atoms with Gasteiger partial charge in [-0.1, -0.05) is 29.8 Å². The molecule has 4 heteroatoms. The van der Waals surface area contributed by atoms with Gasteiger partial charge in [0.1, 0.15) is 11.6 Å². The highest BCUT2D eigenvalue weighted by Crippen LogP contribution is 2.14. The molecule has 0 saturated carbocycles. The molecule has 2 aromatic heterocycles. The van der Waals surface area contributed by atoms with Crippen LogP contribution in [-0.4, -0.2) is 19.7 Å². The molecule has 0 bridgehead atoms. The predicted molar refractivity (Wildman–Crippen MR) is 68.6 cm³/mol. The number of aryl methyl sites for hydroxylation is 1. The average molecular weight is 239 g/mol. The molecule has 3 aromatic rings. The number of nitrogens with zero attached hydrogens (tertiary/aromatic N) is 3. The normalized spacial score (nSPS) is 10.9. The Bertz CT molecular complexity index is 703. The molecule has 0 fully saturated rings. The van der Waals surface area contributed by atoms with Crippen molar-refractivity contribution in [3.8, 4) is 5.75 Å². The second kappa shape index (κ2) is 4.14. The highest BCUT2D eigenvalue weighted by atomic mass is 16.3. The molecule has 0 radical (unpaired) electrons. The molecule has 0 aliphatic rings. The Morgan fingerprint density at radius 3 is 2.89 bits per heavy atom. The summed E-state index contributed by atoms with van der Waals surface area (Å²) in [6.45, 7) is 2.07. The minimum absolute atomic E-state index is 0.216. The van der Waals surface area contributed by atoms with Gasteiger partial charge in [0.15, 0.2) is 5.65 Å². The summed E-state index contributed by atoms with van der Waals surface area (Å²) in [6, 6.07) is 11.7. The molecule has 3 rings (SSSR count). The molecule has 0 aliphatic carbocycles. The fraction of sp³-hybridized carbons (Fsp3) is 0.143. The maximum absolute atomic E-state index is 9.51. The average Bonchev–Trinajstić information content (AvgIpc) is 2.72. The molecule has 1 N–H and O–H groups in total. The maximum Gasteiger partial charge on any atom is 0.161 e. The number of hydrogen-bond acceptors (Lipinski definition) is 3. The molecule has 0 atom stereocenters. The van der Waals surface area contributed by atoms with Crippen molar-refractivity contribution in [1.29, 1.82) is 0 Å². The van der Waals surface area contributed by atoms with E-state index in [1.807, 2.05) is 10.5 Å². The molecule has 4 nitrogen and oxygen atoms in total. The maximum atomic E-state index is 9.51. The van der Waals surface area contributed by atoms with E-state index in [1.54, 1.807) is 18.3 Å². The highest BCUT2D eigenvalue weighted by molar-refractivity contribution is 5.41. The zero-order chi connectivity index (χ0) is 12.5. The van der Waals surface area contributed by atoms with Crippen LogP contribution in [0.1, 0.15) is 17.0 Å². The van der Waals surface area contributed by atoms with Gasteiger partial charge in [0.25, 0.3) is 0 Å². The lowest BCUT2D eigenvalue weighted by Gasteiger charge is -2.02. The third kappa shape index (κ3) is 1.93. The van der Waals surface area contributed by atoms with E-state index in [2.05, 4.69) is 35.3 Å². The van der Waals surface area contributed by atoms with E-state index in [0.29, 0.717) is 6.42 Å². The molecule has 0 spiro atoms. The first kappa shape index (κ1) is 10.8. The lowest BCUT2D eigenvalue weighted by Crippen LogP contribution is -1.96. The molecule has 1 aromatic carbocycles. The van der Waals surface area contributed by atoms with Crippen LogP contribution in [0.15, 0.2) is 42.6 Å². The van der Waals surface area contributed by atoms with E-state index in [9.17, 15) is 5.11 Å². The molecule has 2 heterocycles. The van der Waals surface area contributed by atoms with Crippen LogP contribution < -0.4 is 0 Å². The topological polar surface area (TPSA) is 50.4 Å². The van der Waals surface area contributed by atoms with Crippen molar-refractivity contribution < 1.29 is 5.11 Å². The zero-order valence-corrected chi connectivity index (χ0v) is 10.0. The van der Waals surface area contributed by atoms with Gasteiger partial charge in [0, 0.05) is 6.42 Å². The van der Waals surface area contributed by atoms with Crippen LogP contribution in [0, 0.1) is 6.92 Å². The number of aromatic hydroxyl groups is 1. The van der Waals surface area contributed by atoms with Gasteiger partial charge in [-0.05, 0) is 24.6 Å². The third-order valence-electron chi connectivity index (χ3n) is 2.90.